The summed E-state index contributed by atoms with van der Waals surface area (Å²) in [5.41, 5.74) is 1.16. The van der Waals surface area contributed by atoms with Gasteiger partial charge < -0.3 is 33.2 Å². The first-order chi connectivity index (χ1) is 16.2. The fourth-order valence-corrected chi connectivity index (χ4v) is 4.15. The smallest absolute Gasteiger partial charge is 0.107 e. The van der Waals surface area contributed by atoms with Crippen molar-refractivity contribution in [3.05, 3.63) is 26.9 Å². The minimum atomic E-state index is 0.543. The number of nitrogens with zero attached hydrogens (tertiary/aromatic N) is 2. The van der Waals surface area contributed by atoms with Crippen molar-refractivity contribution in [1.29, 1.82) is 0 Å². The molecule has 33 heavy (non-hydrogen) atoms. The zero-order valence-electron chi connectivity index (χ0n) is 19.2. The van der Waals surface area contributed by atoms with Crippen LogP contribution in [0.15, 0.2) is 21.3 Å². The molecule has 0 radical (unpaired) electrons. The predicted octanol–water partition coefficient (Wildman–Crippen LogP) is 2.54. The van der Waals surface area contributed by atoms with Gasteiger partial charge in [0.15, 0.2) is 0 Å². The van der Waals surface area contributed by atoms with Gasteiger partial charge in [0.1, 0.15) is 9.21 Å². The van der Waals surface area contributed by atoms with Crippen molar-refractivity contribution in [2.24, 2.45) is 0 Å². The number of hydrogen-bond acceptors (Lipinski definition) is 9. The third-order valence-electron chi connectivity index (χ3n) is 4.56. The van der Waals surface area contributed by atoms with Gasteiger partial charge in [0.05, 0.1) is 92.5 Å². The van der Waals surface area contributed by atoms with Crippen LogP contribution < -0.4 is 0 Å². The first-order valence-corrected chi connectivity index (χ1v) is 12.9. The first-order valence-electron chi connectivity index (χ1n) is 11.3. The number of pyridine rings is 1. The molecule has 0 N–H and O–H groups in total. The molecule has 1 aromatic rings. The van der Waals surface area contributed by atoms with Crippen molar-refractivity contribution in [3.8, 4) is 0 Å². The zero-order valence-corrected chi connectivity index (χ0v) is 22.4. The summed E-state index contributed by atoms with van der Waals surface area (Å²) in [6, 6.07) is 4.05. The average Bonchev–Trinajstić information content (AvgIpc) is 2.78. The minimum Gasteiger partial charge on any atom is -0.378 e. The molecule has 190 valence electrons. The molecule has 1 aliphatic heterocycles. The van der Waals surface area contributed by atoms with E-state index >= 15 is 0 Å². The SMILES string of the molecule is Brc1cc(CN2CCOCCOCCOCCOCCOCCOCCOCC2)cc(Br)n1. The van der Waals surface area contributed by atoms with Crippen LogP contribution >= 0.6 is 31.9 Å². The lowest BCUT2D eigenvalue weighted by molar-refractivity contribution is -0.0242. The molecule has 1 aromatic heterocycles. The Morgan fingerprint density at radius 3 is 1.18 bits per heavy atom. The summed E-state index contributed by atoms with van der Waals surface area (Å²) in [4.78, 5) is 6.61. The molecular formula is C22H36Br2N2O7. The number of halogens is 2. The van der Waals surface area contributed by atoms with Crippen molar-refractivity contribution in [2.75, 3.05) is 106 Å². The van der Waals surface area contributed by atoms with E-state index in [-0.39, 0.29) is 0 Å². The highest BCUT2D eigenvalue weighted by Gasteiger charge is 2.09. The molecular weight excluding hydrogens is 564 g/mol. The standard InChI is InChI=1S/C22H36Br2N2O7/c23-21-17-20(18-22(24)25-21)19-26-1-3-27-5-7-29-9-11-31-13-15-33-16-14-32-12-10-30-8-6-28-4-2-26/h17-18H,1-16,19H2. The molecule has 2 heterocycles. The molecule has 0 aliphatic carbocycles. The lowest BCUT2D eigenvalue weighted by atomic mass is 10.2. The van der Waals surface area contributed by atoms with Crippen LogP contribution in [0.25, 0.3) is 0 Å². The molecule has 0 spiro atoms. The van der Waals surface area contributed by atoms with E-state index in [2.05, 4.69) is 41.7 Å². The fraction of sp³-hybridized carbons (Fsp3) is 0.773. The summed E-state index contributed by atoms with van der Waals surface area (Å²) in [6.45, 7) is 10.1. The molecule has 0 amide bonds. The summed E-state index contributed by atoms with van der Waals surface area (Å²) in [7, 11) is 0. The van der Waals surface area contributed by atoms with E-state index in [0.29, 0.717) is 92.5 Å². The summed E-state index contributed by atoms with van der Waals surface area (Å²) < 4.78 is 40.6. The van der Waals surface area contributed by atoms with Crippen molar-refractivity contribution in [3.63, 3.8) is 0 Å². The topological polar surface area (TPSA) is 80.7 Å². The summed E-state index contributed by atoms with van der Waals surface area (Å²) in [6.07, 6.45) is 0. The van der Waals surface area contributed by atoms with E-state index in [1.807, 2.05) is 12.1 Å². The summed E-state index contributed by atoms with van der Waals surface area (Å²) in [5.74, 6) is 0. The van der Waals surface area contributed by atoms with Crippen LogP contribution in [0.2, 0.25) is 0 Å². The summed E-state index contributed by atoms with van der Waals surface area (Å²) >= 11 is 6.91. The van der Waals surface area contributed by atoms with Crippen LogP contribution in [0, 0.1) is 0 Å². The van der Waals surface area contributed by atoms with Crippen molar-refractivity contribution in [2.45, 2.75) is 6.54 Å². The van der Waals surface area contributed by atoms with E-state index in [1.165, 1.54) is 0 Å². The second kappa shape index (κ2) is 20.0. The minimum absolute atomic E-state index is 0.543. The van der Waals surface area contributed by atoms with Crippen LogP contribution in [-0.2, 0) is 39.7 Å². The van der Waals surface area contributed by atoms with Gasteiger partial charge in [-0.15, -0.1) is 0 Å². The Labute approximate surface area is 213 Å². The summed E-state index contributed by atoms with van der Waals surface area (Å²) in [5, 5.41) is 0. The number of ether oxygens (including phenoxy) is 7. The van der Waals surface area contributed by atoms with Crippen molar-refractivity contribution < 1.29 is 33.2 Å². The van der Waals surface area contributed by atoms with Gasteiger partial charge >= 0.3 is 0 Å². The second-order valence-corrected chi connectivity index (χ2v) is 8.81. The first kappa shape index (κ1) is 29.0. The Kier molecular flexibility index (Phi) is 17.6. The van der Waals surface area contributed by atoms with E-state index in [4.69, 9.17) is 33.2 Å². The Balaban J connectivity index is 1.74. The average molecular weight is 600 g/mol. The van der Waals surface area contributed by atoms with Gasteiger partial charge in [-0.2, -0.15) is 0 Å². The maximum atomic E-state index is 5.76. The zero-order chi connectivity index (χ0) is 23.4. The van der Waals surface area contributed by atoms with E-state index < -0.39 is 0 Å². The number of hydrogen-bond donors (Lipinski definition) is 0. The van der Waals surface area contributed by atoms with Gasteiger partial charge in [-0.3, -0.25) is 4.90 Å². The van der Waals surface area contributed by atoms with Crippen LogP contribution in [-0.4, -0.2) is 115 Å². The molecule has 1 aliphatic rings. The van der Waals surface area contributed by atoms with Gasteiger partial charge in [-0.05, 0) is 49.6 Å². The number of rotatable bonds is 2. The molecule has 1 saturated heterocycles. The lowest BCUT2D eigenvalue weighted by Gasteiger charge is -2.22. The molecule has 0 unspecified atom stereocenters. The highest BCUT2D eigenvalue weighted by molar-refractivity contribution is 9.11. The molecule has 9 nitrogen and oxygen atoms in total. The highest BCUT2D eigenvalue weighted by Crippen LogP contribution is 2.17. The van der Waals surface area contributed by atoms with Crippen molar-refractivity contribution >= 4 is 31.9 Å². The molecule has 0 atom stereocenters. The lowest BCUT2D eigenvalue weighted by Crippen LogP contribution is -2.31. The maximum absolute atomic E-state index is 5.76. The Morgan fingerprint density at radius 1 is 0.545 bits per heavy atom. The third kappa shape index (κ3) is 16.2. The Hall–Kier alpha value is -0.210. The Bertz CT molecular complexity index is 572. The largest absolute Gasteiger partial charge is 0.378 e. The quantitative estimate of drug-likeness (QED) is 0.476. The highest BCUT2D eigenvalue weighted by atomic mass is 79.9. The van der Waals surface area contributed by atoms with Gasteiger partial charge in [-0.1, -0.05) is 0 Å². The molecule has 0 aromatic carbocycles. The third-order valence-corrected chi connectivity index (χ3v) is 5.38. The van der Waals surface area contributed by atoms with Gasteiger partial charge in [0.2, 0.25) is 0 Å². The Morgan fingerprint density at radius 2 is 0.848 bits per heavy atom. The molecule has 2 rings (SSSR count). The second-order valence-electron chi connectivity index (χ2n) is 7.18. The molecule has 11 heteroatoms. The van der Waals surface area contributed by atoms with Gasteiger partial charge in [-0.25, -0.2) is 4.98 Å². The van der Waals surface area contributed by atoms with Gasteiger partial charge in [0, 0.05) is 19.6 Å². The van der Waals surface area contributed by atoms with E-state index in [9.17, 15) is 0 Å². The molecule has 1 fully saturated rings. The predicted molar refractivity (Wildman–Crippen MR) is 131 cm³/mol. The van der Waals surface area contributed by atoms with E-state index in [1.54, 1.807) is 0 Å². The van der Waals surface area contributed by atoms with Gasteiger partial charge in [0.25, 0.3) is 0 Å². The van der Waals surface area contributed by atoms with Crippen LogP contribution in [0.3, 0.4) is 0 Å². The molecule has 0 bridgehead atoms. The molecule has 0 saturated carbocycles. The normalized spacial score (nSPS) is 21.3. The maximum Gasteiger partial charge on any atom is 0.107 e. The monoisotopic (exact) mass is 598 g/mol. The number of aromatic nitrogens is 1. The van der Waals surface area contributed by atoms with E-state index in [0.717, 1.165) is 34.4 Å². The van der Waals surface area contributed by atoms with Crippen LogP contribution in [0.1, 0.15) is 5.56 Å². The fourth-order valence-electron chi connectivity index (χ4n) is 2.94. The van der Waals surface area contributed by atoms with Crippen LogP contribution in [0.5, 0.6) is 0 Å². The van der Waals surface area contributed by atoms with Crippen LogP contribution in [0.4, 0.5) is 0 Å². The van der Waals surface area contributed by atoms with Crippen molar-refractivity contribution in [1.82, 2.24) is 9.88 Å².